The molecule has 1 aromatic carbocycles. The standard InChI is InChI=1S/C12H16N2O3/c13-14-6-7-16-12(8-14)11(15)9-17-10-4-2-1-3-5-10/h1-5,12H,6-9,13H2. The molecule has 0 aliphatic carbocycles. The lowest BCUT2D eigenvalue weighted by molar-refractivity contribution is -0.138. The zero-order valence-electron chi connectivity index (χ0n) is 9.54. The second-order valence-electron chi connectivity index (χ2n) is 3.92. The molecule has 0 amide bonds. The van der Waals surface area contributed by atoms with Crippen LogP contribution in [-0.4, -0.2) is 43.2 Å². The zero-order chi connectivity index (χ0) is 12.1. The summed E-state index contributed by atoms with van der Waals surface area (Å²) < 4.78 is 10.7. The van der Waals surface area contributed by atoms with Crippen LogP contribution in [0, 0.1) is 0 Å². The minimum atomic E-state index is -0.475. The topological polar surface area (TPSA) is 64.8 Å². The second-order valence-corrected chi connectivity index (χ2v) is 3.92. The molecule has 1 aliphatic rings. The van der Waals surface area contributed by atoms with Crippen LogP contribution in [0.2, 0.25) is 0 Å². The summed E-state index contributed by atoms with van der Waals surface area (Å²) >= 11 is 0. The second kappa shape index (κ2) is 5.77. The smallest absolute Gasteiger partial charge is 0.200 e. The lowest BCUT2D eigenvalue weighted by atomic mass is 10.2. The molecule has 1 unspecified atom stereocenters. The number of rotatable bonds is 4. The molecule has 1 atom stereocenters. The van der Waals surface area contributed by atoms with Crippen LogP contribution in [0.4, 0.5) is 0 Å². The monoisotopic (exact) mass is 236 g/mol. The molecule has 17 heavy (non-hydrogen) atoms. The Labute approximate surface area is 100 Å². The van der Waals surface area contributed by atoms with Gasteiger partial charge < -0.3 is 9.47 Å². The molecule has 5 nitrogen and oxygen atoms in total. The molecule has 2 N–H and O–H groups in total. The van der Waals surface area contributed by atoms with E-state index in [1.807, 2.05) is 30.3 Å². The predicted molar refractivity (Wildman–Crippen MR) is 62.4 cm³/mol. The van der Waals surface area contributed by atoms with E-state index in [9.17, 15) is 4.79 Å². The van der Waals surface area contributed by atoms with Crippen LogP contribution in [0.25, 0.3) is 0 Å². The molecular formula is C12H16N2O3. The number of carbonyl (C=O) groups excluding carboxylic acids is 1. The van der Waals surface area contributed by atoms with Gasteiger partial charge in [-0.15, -0.1) is 0 Å². The average molecular weight is 236 g/mol. The summed E-state index contributed by atoms with van der Waals surface area (Å²) in [7, 11) is 0. The Morgan fingerprint density at radius 2 is 2.24 bits per heavy atom. The van der Waals surface area contributed by atoms with Crippen molar-refractivity contribution >= 4 is 5.78 Å². The highest BCUT2D eigenvalue weighted by Crippen LogP contribution is 2.09. The van der Waals surface area contributed by atoms with Gasteiger partial charge in [0.1, 0.15) is 18.5 Å². The van der Waals surface area contributed by atoms with Gasteiger partial charge in [-0.3, -0.25) is 10.6 Å². The SMILES string of the molecule is NN1CCOC(C(=O)COc2ccccc2)C1. The molecule has 1 fully saturated rings. The van der Waals surface area contributed by atoms with Gasteiger partial charge in [0.05, 0.1) is 6.61 Å². The van der Waals surface area contributed by atoms with Crippen LogP contribution in [0.1, 0.15) is 0 Å². The van der Waals surface area contributed by atoms with Crippen LogP contribution in [0.3, 0.4) is 0 Å². The van der Waals surface area contributed by atoms with E-state index in [2.05, 4.69) is 0 Å². The van der Waals surface area contributed by atoms with Crippen molar-refractivity contribution < 1.29 is 14.3 Å². The van der Waals surface area contributed by atoms with Gasteiger partial charge in [0.2, 0.25) is 0 Å². The molecule has 0 radical (unpaired) electrons. The molecule has 2 rings (SSSR count). The van der Waals surface area contributed by atoms with Crippen LogP contribution in [0.15, 0.2) is 30.3 Å². The predicted octanol–water partition coefficient (Wildman–Crippen LogP) is 0.209. The van der Waals surface area contributed by atoms with E-state index in [-0.39, 0.29) is 12.4 Å². The van der Waals surface area contributed by atoms with Crippen molar-refractivity contribution in [3.05, 3.63) is 30.3 Å². The summed E-state index contributed by atoms with van der Waals surface area (Å²) in [6.45, 7) is 1.58. The fourth-order valence-corrected chi connectivity index (χ4v) is 1.63. The van der Waals surface area contributed by atoms with E-state index in [1.165, 1.54) is 0 Å². The van der Waals surface area contributed by atoms with Crippen LogP contribution < -0.4 is 10.6 Å². The number of hydrogen-bond acceptors (Lipinski definition) is 5. The Kier molecular flexibility index (Phi) is 4.08. The largest absolute Gasteiger partial charge is 0.486 e. The summed E-state index contributed by atoms with van der Waals surface area (Å²) in [4.78, 5) is 11.8. The summed E-state index contributed by atoms with van der Waals surface area (Å²) in [6, 6.07) is 9.23. The number of ketones is 1. The third kappa shape index (κ3) is 3.52. The fraction of sp³-hybridized carbons (Fsp3) is 0.417. The molecule has 92 valence electrons. The molecule has 1 aromatic rings. The van der Waals surface area contributed by atoms with Crippen molar-refractivity contribution in [3.8, 4) is 5.75 Å². The van der Waals surface area contributed by atoms with E-state index in [0.29, 0.717) is 25.4 Å². The Morgan fingerprint density at radius 3 is 2.94 bits per heavy atom. The first-order valence-corrected chi connectivity index (χ1v) is 5.57. The first-order valence-electron chi connectivity index (χ1n) is 5.57. The number of nitrogens with two attached hydrogens (primary N) is 1. The number of Topliss-reactive ketones (excluding diaryl/α,β-unsaturated/α-hetero) is 1. The van der Waals surface area contributed by atoms with Crippen LogP contribution >= 0.6 is 0 Å². The quantitative estimate of drug-likeness (QED) is 0.757. The number of ether oxygens (including phenoxy) is 2. The number of hydrazine groups is 1. The van der Waals surface area contributed by atoms with Crippen molar-refractivity contribution in [2.24, 2.45) is 5.84 Å². The van der Waals surface area contributed by atoms with E-state index in [4.69, 9.17) is 15.3 Å². The van der Waals surface area contributed by atoms with Gasteiger partial charge >= 0.3 is 0 Å². The van der Waals surface area contributed by atoms with Crippen molar-refractivity contribution in [2.45, 2.75) is 6.10 Å². The normalized spacial score (nSPS) is 21.1. The molecule has 5 heteroatoms. The maximum absolute atomic E-state index is 11.8. The molecule has 0 saturated carbocycles. The van der Waals surface area contributed by atoms with Gasteiger partial charge in [0, 0.05) is 13.1 Å². The highest BCUT2D eigenvalue weighted by molar-refractivity contribution is 5.84. The molecule has 0 spiro atoms. The lowest BCUT2D eigenvalue weighted by Gasteiger charge is -2.28. The number of benzene rings is 1. The number of morpholine rings is 1. The van der Waals surface area contributed by atoms with Crippen molar-refractivity contribution in [3.63, 3.8) is 0 Å². The van der Waals surface area contributed by atoms with Crippen molar-refractivity contribution in [1.29, 1.82) is 0 Å². The van der Waals surface area contributed by atoms with Crippen LogP contribution in [-0.2, 0) is 9.53 Å². The third-order valence-corrected chi connectivity index (χ3v) is 2.58. The fourth-order valence-electron chi connectivity index (χ4n) is 1.63. The van der Waals surface area contributed by atoms with Crippen molar-refractivity contribution in [1.82, 2.24) is 5.01 Å². The van der Waals surface area contributed by atoms with Gasteiger partial charge in [-0.1, -0.05) is 18.2 Å². The Bertz CT molecular complexity index is 369. The van der Waals surface area contributed by atoms with Gasteiger partial charge in [0.25, 0.3) is 0 Å². The van der Waals surface area contributed by atoms with Crippen LogP contribution in [0.5, 0.6) is 5.75 Å². The Balaban J connectivity index is 1.81. The summed E-state index contributed by atoms with van der Waals surface area (Å²) in [6.07, 6.45) is -0.475. The Morgan fingerprint density at radius 1 is 1.47 bits per heavy atom. The van der Waals surface area contributed by atoms with Gasteiger partial charge in [-0.2, -0.15) is 0 Å². The minimum Gasteiger partial charge on any atom is -0.486 e. The first-order chi connectivity index (χ1) is 8.25. The Hall–Kier alpha value is -1.43. The lowest BCUT2D eigenvalue weighted by Crippen LogP contribution is -2.50. The number of para-hydroxylation sites is 1. The highest BCUT2D eigenvalue weighted by atomic mass is 16.5. The van der Waals surface area contributed by atoms with E-state index < -0.39 is 6.10 Å². The zero-order valence-corrected chi connectivity index (χ0v) is 9.54. The van der Waals surface area contributed by atoms with Crippen molar-refractivity contribution in [2.75, 3.05) is 26.3 Å². The van der Waals surface area contributed by atoms with Gasteiger partial charge in [-0.25, -0.2) is 5.01 Å². The van der Waals surface area contributed by atoms with Gasteiger partial charge in [0.15, 0.2) is 5.78 Å². The van der Waals surface area contributed by atoms with E-state index >= 15 is 0 Å². The maximum Gasteiger partial charge on any atom is 0.200 e. The number of carbonyl (C=O) groups is 1. The number of nitrogens with zero attached hydrogens (tertiary/aromatic N) is 1. The third-order valence-electron chi connectivity index (χ3n) is 2.58. The molecular weight excluding hydrogens is 220 g/mol. The highest BCUT2D eigenvalue weighted by Gasteiger charge is 2.25. The molecule has 1 saturated heterocycles. The minimum absolute atomic E-state index is 0.0164. The van der Waals surface area contributed by atoms with E-state index in [1.54, 1.807) is 5.01 Å². The van der Waals surface area contributed by atoms with Gasteiger partial charge in [-0.05, 0) is 12.1 Å². The molecule has 0 bridgehead atoms. The summed E-state index contributed by atoms with van der Waals surface area (Å²) in [5.74, 6) is 6.23. The molecule has 1 heterocycles. The van der Waals surface area contributed by atoms with E-state index in [0.717, 1.165) is 0 Å². The maximum atomic E-state index is 11.8. The first kappa shape index (κ1) is 12.0. The summed E-state index contributed by atoms with van der Waals surface area (Å²) in [5.41, 5.74) is 0. The number of hydrogen-bond donors (Lipinski definition) is 1. The molecule has 0 aromatic heterocycles. The molecule has 1 aliphatic heterocycles. The average Bonchev–Trinajstić information content (AvgIpc) is 2.37. The summed E-state index contributed by atoms with van der Waals surface area (Å²) in [5, 5.41) is 1.59.